The Labute approximate surface area is 137 Å². The molecule has 2 aromatic carbocycles. The molecule has 0 saturated carbocycles. The molecule has 1 N–H and O–H groups in total. The van der Waals surface area contributed by atoms with E-state index in [0.29, 0.717) is 6.54 Å². The molecular formula is C19H22N2O2. The van der Waals surface area contributed by atoms with Gasteiger partial charge in [0, 0.05) is 5.69 Å². The Bertz CT molecular complexity index is 727. The van der Waals surface area contributed by atoms with Crippen molar-refractivity contribution in [2.45, 2.75) is 33.3 Å². The molecular weight excluding hydrogens is 288 g/mol. The summed E-state index contributed by atoms with van der Waals surface area (Å²) >= 11 is 0. The smallest absolute Gasteiger partial charge is 0.326 e. The molecule has 4 nitrogen and oxygen atoms in total. The average Bonchev–Trinajstić information content (AvgIpc) is 2.57. The number of urea groups is 1. The van der Waals surface area contributed by atoms with Crippen molar-refractivity contribution in [1.29, 1.82) is 0 Å². The highest BCUT2D eigenvalue weighted by Crippen LogP contribution is 2.34. The molecule has 23 heavy (non-hydrogen) atoms. The van der Waals surface area contributed by atoms with E-state index in [1.165, 1.54) is 0 Å². The number of ether oxygens (including phenoxy) is 1. The van der Waals surface area contributed by atoms with Crippen LogP contribution in [0.5, 0.6) is 5.75 Å². The standard InChI is InChI=1S/C19H22N2O2/c1-4-15-12-21(17-7-5-6-8-18(17)23-15)19(22)20-16-11-13(2)9-10-14(16)3/h5-11,15H,4,12H2,1-3H3,(H,20,22). The highest BCUT2D eigenvalue weighted by atomic mass is 16.5. The van der Waals surface area contributed by atoms with Gasteiger partial charge in [0.15, 0.2) is 0 Å². The number of fused-ring (bicyclic) bond motifs is 1. The minimum Gasteiger partial charge on any atom is -0.486 e. The molecule has 2 aromatic rings. The first-order valence-electron chi connectivity index (χ1n) is 8.00. The molecule has 1 atom stereocenters. The number of para-hydroxylation sites is 2. The van der Waals surface area contributed by atoms with Crippen molar-refractivity contribution >= 4 is 17.4 Å². The highest BCUT2D eigenvalue weighted by molar-refractivity contribution is 6.03. The monoisotopic (exact) mass is 310 g/mol. The average molecular weight is 310 g/mol. The lowest BCUT2D eigenvalue weighted by Gasteiger charge is -2.34. The third-order valence-corrected chi connectivity index (χ3v) is 4.17. The third-order valence-electron chi connectivity index (χ3n) is 4.17. The van der Waals surface area contributed by atoms with Crippen LogP contribution in [0.4, 0.5) is 16.2 Å². The molecule has 1 unspecified atom stereocenters. The molecule has 1 aliphatic heterocycles. The Morgan fingerprint density at radius 3 is 2.83 bits per heavy atom. The van der Waals surface area contributed by atoms with Gasteiger partial charge in [0.25, 0.3) is 0 Å². The minimum atomic E-state index is -0.118. The van der Waals surface area contributed by atoms with Gasteiger partial charge in [0.05, 0.1) is 12.2 Å². The van der Waals surface area contributed by atoms with Crippen molar-refractivity contribution in [3.8, 4) is 5.75 Å². The second-order valence-corrected chi connectivity index (χ2v) is 5.97. The summed E-state index contributed by atoms with van der Waals surface area (Å²) < 4.78 is 5.93. The van der Waals surface area contributed by atoms with E-state index >= 15 is 0 Å². The van der Waals surface area contributed by atoms with Gasteiger partial charge in [-0.3, -0.25) is 4.90 Å². The van der Waals surface area contributed by atoms with E-state index in [1.54, 1.807) is 4.90 Å². The van der Waals surface area contributed by atoms with Gasteiger partial charge in [-0.2, -0.15) is 0 Å². The Morgan fingerprint density at radius 2 is 2.04 bits per heavy atom. The van der Waals surface area contributed by atoms with E-state index in [2.05, 4.69) is 12.2 Å². The number of aryl methyl sites for hydroxylation is 2. The summed E-state index contributed by atoms with van der Waals surface area (Å²) in [7, 11) is 0. The number of rotatable bonds is 2. The molecule has 1 heterocycles. The van der Waals surface area contributed by atoms with Gasteiger partial charge >= 0.3 is 6.03 Å². The lowest BCUT2D eigenvalue weighted by Crippen LogP contribution is -2.45. The van der Waals surface area contributed by atoms with Gasteiger partial charge in [-0.25, -0.2) is 4.79 Å². The van der Waals surface area contributed by atoms with Gasteiger partial charge < -0.3 is 10.1 Å². The van der Waals surface area contributed by atoms with Crippen molar-refractivity contribution in [3.05, 3.63) is 53.6 Å². The zero-order valence-electron chi connectivity index (χ0n) is 13.8. The van der Waals surface area contributed by atoms with E-state index in [1.807, 2.05) is 56.3 Å². The Morgan fingerprint density at radius 1 is 1.26 bits per heavy atom. The maximum absolute atomic E-state index is 12.8. The van der Waals surface area contributed by atoms with E-state index in [9.17, 15) is 4.79 Å². The lowest BCUT2D eigenvalue weighted by atomic mass is 10.1. The van der Waals surface area contributed by atoms with Gasteiger partial charge in [-0.15, -0.1) is 0 Å². The normalized spacial score (nSPS) is 16.5. The zero-order valence-corrected chi connectivity index (χ0v) is 13.8. The molecule has 3 rings (SSSR count). The summed E-state index contributed by atoms with van der Waals surface area (Å²) in [6.07, 6.45) is 0.885. The molecule has 120 valence electrons. The molecule has 1 aliphatic rings. The van der Waals surface area contributed by atoms with Crippen LogP contribution in [-0.2, 0) is 0 Å². The minimum absolute atomic E-state index is 0.0225. The van der Waals surface area contributed by atoms with Crippen molar-refractivity contribution in [2.24, 2.45) is 0 Å². The van der Waals surface area contributed by atoms with Crippen LogP contribution in [0.25, 0.3) is 0 Å². The summed E-state index contributed by atoms with van der Waals surface area (Å²) in [6, 6.07) is 13.6. The third kappa shape index (κ3) is 3.16. The molecule has 0 aliphatic carbocycles. The van der Waals surface area contributed by atoms with Gasteiger partial charge in [0.2, 0.25) is 0 Å². The highest BCUT2D eigenvalue weighted by Gasteiger charge is 2.28. The van der Waals surface area contributed by atoms with E-state index < -0.39 is 0 Å². The zero-order chi connectivity index (χ0) is 16.4. The number of hydrogen-bond acceptors (Lipinski definition) is 2. The summed E-state index contributed by atoms with van der Waals surface area (Å²) in [6.45, 7) is 6.65. The number of benzene rings is 2. The van der Waals surface area contributed by atoms with Crippen molar-refractivity contribution in [2.75, 3.05) is 16.8 Å². The van der Waals surface area contributed by atoms with E-state index in [-0.39, 0.29) is 12.1 Å². The molecule has 0 spiro atoms. The summed E-state index contributed by atoms with van der Waals surface area (Å²) in [5.74, 6) is 0.765. The van der Waals surface area contributed by atoms with Crippen LogP contribution in [0.15, 0.2) is 42.5 Å². The quantitative estimate of drug-likeness (QED) is 0.886. The van der Waals surface area contributed by atoms with Crippen LogP contribution >= 0.6 is 0 Å². The first-order chi connectivity index (χ1) is 11.1. The number of nitrogens with one attached hydrogen (secondary N) is 1. The first kappa shape index (κ1) is 15.4. The molecule has 4 heteroatoms. The second-order valence-electron chi connectivity index (χ2n) is 5.97. The predicted molar refractivity (Wildman–Crippen MR) is 93.4 cm³/mol. The Hall–Kier alpha value is -2.49. The van der Waals surface area contributed by atoms with Crippen LogP contribution < -0.4 is 15.0 Å². The maximum atomic E-state index is 12.8. The number of amides is 2. The number of carbonyl (C=O) groups excluding carboxylic acids is 1. The largest absolute Gasteiger partial charge is 0.486 e. The van der Waals surface area contributed by atoms with Crippen LogP contribution in [0.2, 0.25) is 0 Å². The topological polar surface area (TPSA) is 41.6 Å². The van der Waals surface area contributed by atoms with Crippen molar-refractivity contribution < 1.29 is 9.53 Å². The van der Waals surface area contributed by atoms with Crippen molar-refractivity contribution in [3.63, 3.8) is 0 Å². The fourth-order valence-electron chi connectivity index (χ4n) is 2.76. The molecule has 0 aromatic heterocycles. The summed E-state index contributed by atoms with van der Waals surface area (Å²) in [4.78, 5) is 14.6. The van der Waals surface area contributed by atoms with Crippen LogP contribution in [0.1, 0.15) is 24.5 Å². The van der Waals surface area contributed by atoms with Crippen LogP contribution in [0.3, 0.4) is 0 Å². The fourth-order valence-corrected chi connectivity index (χ4v) is 2.76. The molecule has 2 amide bonds. The molecule has 0 bridgehead atoms. The molecule has 0 saturated heterocycles. The number of nitrogens with zero attached hydrogens (tertiary/aromatic N) is 1. The lowest BCUT2D eigenvalue weighted by molar-refractivity contribution is 0.188. The predicted octanol–water partition coefficient (Wildman–Crippen LogP) is 4.51. The second kappa shape index (κ2) is 6.32. The van der Waals surface area contributed by atoms with Gasteiger partial charge in [0.1, 0.15) is 11.9 Å². The number of anilines is 2. The van der Waals surface area contributed by atoms with Crippen LogP contribution in [0, 0.1) is 13.8 Å². The van der Waals surface area contributed by atoms with Gasteiger partial charge in [-0.05, 0) is 49.6 Å². The van der Waals surface area contributed by atoms with Gasteiger partial charge in [-0.1, -0.05) is 31.2 Å². The Balaban J connectivity index is 1.88. The first-order valence-corrected chi connectivity index (χ1v) is 8.00. The summed E-state index contributed by atoms with van der Waals surface area (Å²) in [5, 5.41) is 3.04. The SMILES string of the molecule is CCC1CN(C(=O)Nc2cc(C)ccc2C)c2ccccc2O1. The maximum Gasteiger partial charge on any atom is 0.326 e. The van der Waals surface area contributed by atoms with Crippen molar-refractivity contribution in [1.82, 2.24) is 0 Å². The fraction of sp³-hybridized carbons (Fsp3) is 0.316. The van der Waals surface area contributed by atoms with E-state index in [0.717, 1.165) is 34.7 Å². The van der Waals surface area contributed by atoms with Crippen LogP contribution in [-0.4, -0.2) is 18.7 Å². The molecule has 0 radical (unpaired) electrons. The Kier molecular flexibility index (Phi) is 4.24. The summed E-state index contributed by atoms with van der Waals surface area (Å²) in [5.41, 5.74) is 3.85. The molecule has 0 fully saturated rings. The van der Waals surface area contributed by atoms with E-state index in [4.69, 9.17) is 4.74 Å². The number of hydrogen-bond donors (Lipinski definition) is 1. The number of carbonyl (C=O) groups is 1.